The minimum Gasteiger partial charge on any atom is -0.384 e. The van der Waals surface area contributed by atoms with Gasteiger partial charge < -0.3 is 10.5 Å². The number of rotatable bonds is 6. The Balaban J connectivity index is 1.56. The van der Waals surface area contributed by atoms with Crippen molar-refractivity contribution in [1.29, 1.82) is 0 Å². The van der Waals surface area contributed by atoms with Crippen LogP contribution in [0.2, 0.25) is 0 Å². The maximum absolute atomic E-state index is 14.1. The van der Waals surface area contributed by atoms with E-state index in [2.05, 4.69) is 10.2 Å². The first-order valence-corrected chi connectivity index (χ1v) is 11.1. The number of pyridine rings is 2. The van der Waals surface area contributed by atoms with Crippen LogP contribution in [0, 0.1) is 0 Å². The number of hydrogen-bond acceptors (Lipinski definition) is 6. The maximum atomic E-state index is 14.1. The number of alkyl halides is 3. The van der Waals surface area contributed by atoms with Crippen LogP contribution in [0.15, 0.2) is 48.7 Å². The third kappa shape index (κ3) is 4.36. The zero-order valence-electron chi connectivity index (χ0n) is 18.7. The van der Waals surface area contributed by atoms with E-state index < -0.39 is 12.2 Å². The maximum Gasteiger partial charge on any atom is 0.408 e. The molecule has 3 aromatic heterocycles. The molecule has 10 heteroatoms. The van der Waals surface area contributed by atoms with Gasteiger partial charge in [0, 0.05) is 37.8 Å². The van der Waals surface area contributed by atoms with Crippen molar-refractivity contribution in [2.75, 3.05) is 26.8 Å². The second-order valence-electron chi connectivity index (χ2n) is 8.67. The predicted octanol–water partition coefficient (Wildman–Crippen LogP) is 3.77. The summed E-state index contributed by atoms with van der Waals surface area (Å²) in [4.78, 5) is 6.13. The molecule has 1 aliphatic rings. The quantitative estimate of drug-likeness (QED) is 0.462. The molecular formula is C24H25F3N6O. The monoisotopic (exact) mass is 470 g/mol. The van der Waals surface area contributed by atoms with Gasteiger partial charge >= 0.3 is 6.18 Å². The third-order valence-electron chi connectivity index (χ3n) is 6.25. The summed E-state index contributed by atoms with van der Waals surface area (Å²) in [5.41, 5.74) is 8.87. The average Bonchev–Trinajstić information content (AvgIpc) is 3.42. The van der Waals surface area contributed by atoms with Gasteiger partial charge in [-0.15, -0.1) is 10.2 Å². The summed E-state index contributed by atoms with van der Waals surface area (Å²) in [5.74, 6) is 0.389. The number of nitrogens with zero attached hydrogens (tertiary/aromatic N) is 5. The minimum atomic E-state index is -4.44. The van der Waals surface area contributed by atoms with E-state index in [0.29, 0.717) is 36.7 Å². The van der Waals surface area contributed by atoms with E-state index in [9.17, 15) is 13.2 Å². The number of benzene rings is 1. The topological polar surface area (TPSA) is 81.6 Å². The summed E-state index contributed by atoms with van der Waals surface area (Å²) in [7, 11) is 1.66. The molecule has 4 aromatic rings. The predicted molar refractivity (Wildman–Crippen MR) is 122 cm³/mol. The van der Waals surface area contributed by atoms with Gasteiger partial charge in [-0.2, -0.15) is 13.2 Å². The lowest BCUT2D eigenvalue weighted by Gasteiger charge is -2.30. The van der Waals surface area contributed by atoms with Crippen LogP contribution < -0.4 is 5.73 Å². The molecule has 2 atom stereocenters. The van der Waals surface area contributed by atoms with Crippen LogP contribution in [0.3, 0.4) is 0 Å². The van der Waals surface area contributed by atoms with Crippen molar-refractivity contribution in [2.24, 2.45) is 5.73 Å². The van der Waals surface area contributed by atoms with Crippen LogP contribution >= 0.6 is 0 Å². The van der Waals surface area contributed by atoms with Crippen LogP contribution in [0.5, 0.6) is 0 Å². The average molecular weight is 470 g/mol. The summed E-state index contributed by atoms with van der Waals surface area (Å²) in [6.45, 7) is 1.11. The Morgan fingerprint density at radius 3 is 2.71 bits per heavy atom. The first-order valence-electron chi connectivity index (χ1n) is 11.1. The normalized spacial score (nSPS) is 18.2. The van der Waals surface area contributed by atoms with Crippen LogP contribution in [0.4, 0.5) is 13.2 Å². The zero-order chi connectivity index (χ0) is 23.9. The van der Waals surface area contributed by atoms with Gasteiger partial charge in [0.05, 0.1) is 12.1 Å². The van der Waals surface area contributed by atoms with Gasteiger partial charge in [0.2, 0.25) is 0 Å². The molecule has 1 fully saturated rings. The number of ether oxygens (including phenoxy) is 1. The zero-order valence-corrected chi connectivity index (χ0v) is 18.7. The smallest absolute Gasteiger partial charge is 0.384 e. The molecule has 0 bridgehead atoms. The number of aromatic nitrogens is 4. The first-order chi connectivity index (χ1) is 16.3. The first kappa shape index (κ1) is 22.7. The molecule has 0 amide bonds. The van der Waals surface area contributed by atoms with Gasteiger partial charge in [-0.05, 0) is 42.2 Å². The molecule has 0 saturated carbocycles. The van der Waals surface area contributed by atoms with Gasteiger partial charge in [-0.3, -0.25) is 9.30 Å². The number of hydrogen-bond donors (Lipinski definition) is 1. The number of halogens is 3. The second kappa shape index (κ2) is 8.94. The van der Waals surface area contributed by atoms with Crippen molar-refractivity contribution in [3.8, 4) is 11.5 Å². The Morgan fingerprint density at radius 1 is 1.15 bits per heavy atom. The lowest BCUT2D eigenvalue weighted by Crippen LogP contribution is -2.38. The Bertz CT molecular complexity index is 1320. The van der Waals surface area contributed by atoms with E-state index in [1.807, 2.05) is 24.3 Å². The van der Waals surface area contributed by atoms with E-state index >= 15 is 0 Å². The van der Waals surface area contributed by atoms with E-state index in [4.69, 9.17) is 15.5 Å². The Kier molecular flexibility index (Phi) is 5.97. The highest BCUT2D eigenvalue weighted by Crippen LogP contribution is 2.39. The van der Waals surface area contributed by atoms with Gasteiger partial charge in [0.1, 0.15) is 11.7 Å². The molecule has 0 spiro atoms. The fourth-order valence-electron chi connectivity index (χ4n) is 4.56. The molecule has 5 rings (SSSR count). The molecule has 34 heavy (non-hydrogen) atoms. The fraction of sp³-hybridized carbons (Fsp3) is 0.375. The number of methoxy groups -OCH3 is 1. The molecule has 1 saturated heterocycles. The van der Waals surface area contributed by atoms with Crippen molar-refractivity contribution < 1.29 is 17.9 Å². The van der Waals surface area contributed by atoms with Crippen LogP contribution in [0.25, 0.3) is 28.1 Å². The number of fused-ring (bicyclic) bond motifs is 2. The highest BCUT2D eigenvalue weighted by molar-refractivity contribution is 5.81. The van der Waals surface area contributed by atoms with Gasteiger partial charge in [0.25, 0.3) is 0 Å². The fourth-order valence-corrected chi connectivity index (χ4v) is 4.56. The van der Waals surface area contributed by atoms with Crippen LogP contribution in [0.1, 0.15) is 23.6 Å². The molecule has 178 valence electrons. The standard InChI is InChI=1S/C24H25F3N6O/c1-34-11-9-15-2-3-16-4-6-19(29-20(16)12-15)23-31-30-21-7-5-17(13-33(21)23)22(24(25,26)27)32-10-8-18(28)14-32/h2-7,12-13,18,22H,8-11,14,28H2,1H3. The van der Waals surface area contributed by atoms with E-state index in [0.717, 1.165) is 22.9 Å². The lowest BCUT2D eigenvalue weighted by atomic mass is 10.1. The Labute approximate surface area is 194 Å². The van der Waals surface area contributed by atoms with Gasteiger partial charge in [-0.1, -0.05) is 24.3 Å². The molecular weight excluding hydrogens is 445 g/mol. The van der Waals surface area contributed by atoms with E-state index in [1.165, 1.54) is 17.2 Å². The van der Waals surface area contributed by atoms with E-state index in [-0.39, 0.29) is 18.2 Å². The van der Waals surface area contributed by atoms with Crippen LogP contribution in [-0.2, 0) is 11.2 Å². The van der Waals surface area contributed by atoms with Gasteiger partial charge in [-0.25, -0.2) is 4.98 Å². The molecule has 0 radical (unpaired) electrons. The molecule has 1 aliphatic heterocycles. The lowest BCUT2D eigenvalue weighted by molar-refractivity contribution is -0.183. The summed E-state index contributed by atoms with van der Waals surface area (Å²) in [6, 6.07) is 10.8. The highest BCUT2D eigenvalue weighted by Gasteiger charge is 2.46. The van der Waals surface area contributed by atoms with Gasteiger partial charge in [0.15, 0.2) is 11.5 Å². The molecule has 2 N–H and O–H groups in total. The van der Waals surface area contributed by atoms with Crippen molar-refractivity contribution in [1.82, 2.24) is 24.5 Å². The highest BCUT2D eigenvalue weighted by atomic mass is 19.4. The molecule has 2 unspecified atom stereocenters. The largest absolute Gasteiger partial charge is 0.408 e. The Hall–Kier alpha value is -3.08. The molecule has 0 aliphatic carbocycles. The number of likely N-dealkylation sites (tertiary alicyclic amines) is 1. The summed E-state index contributed by atoms with van der Waals surface area (Å²) >= 11 is 0. The Morgan fingerprint density at radius 2 is 1.97 bits per heavy atom. The summed E-state index contributed by atoms with van der Waals surface area (Å²) in [6.07, 6.45) is -1.67. The van der Waals surface area contributed by atoms with Crippen molar-refractivity contribution in [3.05, 3.63) is 59.8 Å². The molecule has 4 heterocycles. The third-order valence-corrected chi connectivity index (χ3v) is 6.25. The van der Waals surface area contributed by atoms with Crippen molar-refractivity contribution >= 4 is 16.6 Å². The SMILES string of the molecule is COCCc1ccc2ccc(-c3nnc4ccc(C(N5CCC(N)C5)C(F)(F)F)cn34)nc2c1. The minimum absolute atomic E-state index is 0.123. The number of nitrogens with two attached hydrogens (primary N) is 1. The summed E-state index contributed by atoms with van der Waals surface area (Å²) < 4.78 is 49.0. The van der Waals surface area contributed by atoms with E-state index in [1.54, 1.807) is 23.6 Å². The van der Waals surface area contributed by atoms with Crippen LogP contribution in [-0.4, -0.2) is 63.5 Å². The summed E-state index contributed by atoms with van der Waals surface area (Å²) in [5, 5.41) is 9.34. The molecule has 1 aromatic carbocycles. The second-order valence-corrected chi connectivity index (χ2v) is 8.67. The van der Waals surface area contributed by atoms with Crippen molar-refractivity contribution in [3.63, 3.8) is 0 Å². The van der Waals surface area contributed by atoms with Crippen molar-refractivity contribution in [2.45, 2.75) is 31.1 Å². The molecule has 7 nitrogen and oxygen atoms in total.